The second-order valence-corrected chi connectivity index (χ2v) is 7.69. The van der Waals surface area contributed by atoms with Gasteiger partial charge in [-0.25, -0.2) is 13.1 Å². The van der Waals surface area contributed by atoms with Crippen LogP contribution in [0.25, 0.3) is 0 Å². The molecule has 2 aromatic rings. The van der Waals surface area contributed by atoms with E-state index in [2.05, 4.69) is 22.1 Å². The molecule has 2 rings (SSSR count). The molecule has 0 radical (unpaired) electrons. The first-order valence-corrected chi connectivity index (χ1v) is 9.02. The second-order valence-electron chi connectivity index (χ2n) is 4.61. The number of nitrogens with one attached hydrogen (secondary N) is 2. The quantitative estimate of drug-likeness (QED) is 0.724. The Kier molecular flexibility index (Phi) is 5.51. The molecule has 2 heterocycles. The highest BCUT2D eigenvalue weighted by Gasteiger charge is 2.20. The van der Waals surface area contributed by atoms with Gasteiger partial charge in [0.05, 0.1) is 17.6 Å². The highest BCUT2D eigenvalue weighted by molar-refractivity contribution is 7.89. The number of aryl methyl sites for hydroxylation is 1. The van der Waals surface area contributed by atoms with Crippen molar-refractivity contribution >= 4 is 21.4 Å². The molecule has 0 bridgehead atoms. The van der Waals surface area contributed by atoms with Crippen LogP contribution in [0, 0.1) is 6.92 Å². The van der Waals surface area contributed by atoms with Crippen molar-refractivity contribution in [2.45, 2.75) is 38.3 Å². The number of nitrogens with zero attached hydrogens (tertiary/aromatic N) is 1. The van der Waals surface area contributed by atoms with Crippen molar-refractivity contribution in [3.63, 3.8) is 0 Å². The van der Waals surface area contributed by atoms with Gasteiger partial charge in [-0.05, 0) is 26.0 Å². The van der Waals surface area contributed by atoms with Gasteiger partial charge in [0.1, 0.15) is 0 Å². The largest absolute Gasteiger partial charge is 0.360 e. The lowest BCUT2D eigenvalue weighted by Crippen LogP contribution is -2.23. The summed E-state index contributed by atoms with van der Waals surface area (Å²) in [4.78, 5) is 2.13. The lowest BCUT2D eigenvalue weighted by molar-refractivity contribution is 0.380. The summed E-state index contributed by atoms with van der Waals surface area (Å²) in [5.41, 5.74) is 0. The van der Waals surface area contributed by atoms with Crippen LogP contribution in [0.15, 0.2) is 27.7 Å². The summed E-state index contributed by atoms with van der Waals surface area (Å²) < 4.78 is 32.0. The van der Waals surface area contributed by atoms with Crippen molar-refractivity contribution in [2.24, 2.45) is 0 Å². The fourth-order valence-corrected chi connectivity index (χ4v) is 4.44. The van der Waals surface area contributed by atoms with Gasteiger partial charge < -0.3 is 9.84 Å². The van der Waals surface area contributed by atoms with E-state index in [0.29, 0.717) is 17.2 Å². The van der Waals surface area contributed by atoms with Gasteiger partial charge in [-0.1, -0.05) is 12.1 Å². The summed E-state index contributed by atoms with van der Waals surface area (Å²) in [6, 6.07) is 3.36. The molecule has 2 aromatic heterocycles. The zero-order chi connectivity index (χ0) is 15.3. The lowest BCUT2D eigenvalue weighted by Gasteiger charge is -2.03. The molecule has 0 fully saturated rings. The minimum atomic E-state index is -3.53. The minimum absolute atomic E-state index is 0.0983. The van der Waals surface area contributed by atoms with E-state index in [1.165, 1.54) is 17.5 Å². The van der Waals surface area contributed by atoms with Crippen molar-refractivity contribution in [3.05, 3.63) is 33.8 Å². The van der Waals surface area contributed by atoms with E-state index >= 15 is 0 Å². The van der Waals surface area contributed by atoms with E-state index in [1.54, 1.807) is 12.1 Å². The molecule has 0 aliphatic rings. The van der Waals surface area contributed by atoms with Gasteiger partial charge in [0.2, 0.25) is 10.0 Å². The average Bonchev–Trinajstić information content (AvgIpc) is 3.07. The molecule has 0 aliphatic carbocycles. The standard InChI is InChI=1S/C13H19N3O3S2/c1-3-5-14-9-12-7-13(10(2)20-12)21(17,18)16-8-11-4-6-15-19-11/h4,6-7,14,16H,3,5,8-9H2,1-2H3. The van der Waals surface area contributed by atoms with Crippen molar-refractivity contribution in [1.82, 2.24) is 15.2 Å². The van der Waals surface area contributed by atoms with Crippen LogP contribution in [0.5, 0.6) is 0 Å². The molecule has 6 nitrogen and oxygen atoms in total. The van der Waals surface area contributed by atoms with E-state index in [9.17, 15) is 8.42 Å². The van der Waals surface area contributed by atoms with Gasteiger partial charge in [0.25, 0.3) is 0 Å². The third kappa shape index (κ3) is 4.37. The Morgan fingerprint density at radius 1 is 1.38 bits per heavy atom. The number of hydrogen-bond acceptors (Lipinski definition) is 6. The maximum absolute atomic E-state index is 12.3. The van der Waals surface area contributed by atoms with Crippen molar-refractivity contribution in [1.29, 1.82) is 0 Å². The fourth-order valence-electron chi connectivity index (χ4n) is 1.84. The van der Waals surface area contributed by atoms with Crippen molar-refractivity contribution < 1.29 is 12.9 Å². The van der Waals surface area contributed by atoms with Crippen LogP contribution in [0.1, 0.15) is 28.9 Å². The molecule has 0 aromatic carbocycles. The topological polar surface area (TPSA) is 84.2 Å². The maximum Gasteiger partial charge on any atom is 0.242 e. The monoisotopic (exact) mass is 329 g/mol. The molecule has 0 saturated carbocycles. The highest BCUT2D eigenvalue weighted by atomic mass is 32.2. The van der Waals surface area contributed by atoms with Crippen LogP contribution in [0.4, 0.5) is 0 Å². The number of thiophene rings is 1. The summed E-state index contributed by atoms with van der Waals surface area (Å²) in [6.45, 7) is 5.62. The summed E-state index contributed by atoms with van der Waals surface area (Å²) in [5.74, 6) is 0.483. The number of aromatic nitrogens is 1. The number of hydrogen-bond donors (Lipinski definition) is 2. The first kappa shape index (κ1) is 16.2. The Labute approximate surface area is 128 Å². The molecule has 2 N–H and O–H groups in total. The summed E-state index contributed by atoms with van der Waals surface area (Å²) >= 11 is 1.50. The molecular formula is C13H19N3O3S2. The average molecular weight is 329 g/mol. The first-order valence-electron chi connectivity index (χ1n) is 6.72. The van der Waals surface area contributed by atoms with Crippen molar-refractivity contribution in [3.8, 4) is 0 Å². The number of rotatable bonds is 8. The highest BCUT2D eigenvalue weighted by Crippen LogP contribution is 2.25. The van der Waals surface area contributed by atoms with Gasteiger partial charge in [-0.2, -0.15) is 0 Å². The van der Waals surface area contributed by atoms with E-state index in [-0.39, 0.29) is 6.54 Å². The molecule has 116 valence electrons. The molecule has 0 unspecified atom stereocenters. The number of sulfonamides is 1. The summed E-state index contributed by atoms with van der Waals surface area (Å²) in [6.07, 6.45) is 2.53. The molecule has 8 heteroatoms. The molecule has 0 atom stereocenters. The van der Waals surface area contributed by atoms with E-state index in [1.807, 2.05) is 6.92 Å². The predicted molar refractivity (Wildman–Crippen MR) is 81.6 cm³/mol. The predicted octanol–water partition coefficient (Wildman–Crippen LogP) is 2.02. The second kappa shape index (κ2) is 7.17. The Hall–Kier alpha value is -1.22. The maximum atomic E-state index is 12.3. The lowest BCUT2D eigenvalue weighted by atomic mass is 10.4. The van der Waals surface area contributed by atoms with Crippen LogP contribution in [0.2, 0.25) is 0 Å². The van der Waals surface area contributed by atoms with Crippen LogP contribution in [-0.2, 0) is 23.1 Å². The Bertz CT molecular complexity index is 663. The molecule has 0 aliphatic heterocycles. The SMILES string of the molecule is CCCNCc1cc(S(=O)(=O)NCc2ccno2)c(C)s1. The Balaban J connectivity index is 2.05. The summed E-state index contributed by atoms with van der Waals surface area (Å²) in [7, 11) is -3.53. The molecule has 21 heavy (non-hydrogen) atoms. The first-order chi connectivity index (χ1) is 10.0. The van der Waals surface area contributed by atoms with Gasteiger partial charge in [0, 0.05) is 22.4 Å². The third-order valence-electron chi connectivity index (χ3n) is 2.87. The third-order valence-corrected chi connectivity index (χ3v) is 5.57. The zero-order valence-corrected chi connectivity index (χ0v) is 13.7. The van der Waals surface area contributed by atoms with Crippen LogP contribution >= 0.6 is 11.3 Å². The molecular weight excluding hydrogens is 310 g/mol. The molecule has 0 saturated heterocycles. The Morgan fingerprint density at radius 2 is 2.19 bits per heavy atom. The van der Waals surface area contributed by atoms with Crippen LogP contribution < -0.4 is 10.0 Å². The molecule has 0 spiro atoms. The van der Waals surface area contributed by atoms with Gasteiger partial charge >= 0.3 is 0 Å². The van der Waals surface area contributed by atoms with E-state index in [4.69, 9.17) is 4.52 Å². The normalized spacial score (nSPS) is 11.9. The van der Waals surface area contributed by atoms with Crippen molar-refractivity contribution in [2.75, 3.05) is 6.54 Å². The van der Waals surface area contributed by atoms with Crippen LogP contribution in [0.3, 0.4) is 0 Å². The van der Waals surface area contributed by atoms with Gasteiger partial charge in [-0.3, -0.25) is 0 Å². The van der Waals surface area contributed by atoms with E-state index < -0.39 is 10.0 Å². The minimum Gasteiger partial charge on any atom is -0.360 e. The smallest absolute Gasteiger partial charge is 0.242 e. The van der Waals surface area contributed by atoms with Crippen LogP contribution in [-0.4, -0.2) is 20.1 Å². The Morgan fingerprint density at radius 3 is 2.86 bits per heavy atom. The fraction of sp³-hybridized carbons (Fsp3) is 0.462. The zero-order valence-electron chi connectivity index (χ0n) is 12.0. The summed E-state index contributed by atoms with van der Waals surface area (Å²) in [5, 5.41) is 6.81. The molecule has 0 amide bonds. The van der Waals surface area contributed by atoms with Gasteiger partial charge in [0.15, 0.2) is 5.76 Å². The van der Waals surface area contributed by atoms with Gasteiger partial charge in [-0.15, -0.1) is 11.3 Å². The van der Waals surface area contributed by atoms with E-state index in [0.717, 1.165) is 22.7 Å².